The quantitative estimate of drug-likeness (QED) is 0.804. The molecule has 6 heteroatoms. The summed E-state index contributed by atoms with van der Waals surface area (Å²) in [6.07, 6.45) is 0. The Kier molecular flexibility index (Phi) is 3.89. The molecule has 0 aliphatic heterocycles. The first-order valence-electron chi connectivity index (χ1n) is 7.15. The summed E-state index contributed by atoms with van der Waals surface area (Å²) < 4.78 is 12.6. The molecule has 0 fully saturated rings. The van der Waals surface area contributed by atoms with Gasteiger partial charge in [0.2, 0.25) is 0 Å². The van der Waals surface area contributed by atoms with Crippen LogP contribution >= 0.6 is 0 Å². The summed E-state index contributed by atoms with van der Waals surface area (Å²) in [7, 11) is 1.63. The van der Waals surface area contributed by atoms with Crippen LogP contribution < -0.4 is 15.2 Å². The molecule has 2 aromatic carbocycles. The van der Waals surface area contributed by atoms with Gasteiger partial charge in [0.05, 0.1) is 12.8 Å². The zero-order valence-electron chi connectivity index (χ0n) is 13.2. The number of hydrogen-bond donors (Lipinski definition) is 1. The molecule has 0 radical (unpaired) electrons. The van der Waals surface area contributed by atoms with Crippen molar-refractivity contribution in [2.45, 2.75) is 13.8 Å². The maximum atomic E-state index is 11.7. The van der Waals surface area contributed by atoms with Crippen LogP contribution in [0.3, 0.4) is 0 Å². The summed E-state index contributed by atoms with van der Waals surface area (Å²) in [5.41, 5.74) is 1.51. The summed E-state index contributed by atoms with van der Waals surface area (Å²) in [5.74, 6) is 2.75. The molecule has 23 heavy (non-hydrogen) atoms. The highest BCUT2D eigenvalue weighted by molar-refractivity contribution is 5.43. The van der Waals surface area contributed by atoms with Gasteiger partial charge in [0.1, 0.15) is 23.1 Å². The molecule has 1 heterocycles. The highest BCUT2D eigenvalue weighted by Gasteiger charge is 2.07. The lowest BCUT2D eigenvalue weighted by molar-refractivity contribution is 0.406. The number of benzene rings is 2. The summed E-state index contributed by atoms with van der Waals surface area (Å²) in [6.45, 7) is 3.74. The van der Waals surface area contributed by atoms with Crippen molar-refractivity contribution >= 4 is 0 Å². The van der Waals surface area contributed by atoms with Gasteiger partial charge in [-0.1, -0.05) is 6.07 Å². The Labute approximate surface area is 133 Å². The van der Waals surface area contributed by atoms with E-state index >= 15 is 0 Å². The summed E-state index contributed by atoms with van der Waals surface area (Å²) >= 11 is 0. The minimum Gasteiger partial charge on any atom is -0.496 e. The van der Waals surface area contributed by atoms with Crippen LogP contribution in [-0.2, 0) is 0 Å². The molecule has 1 N–H and O–H groups in total. The molecular formula is C17H17N3O3. The third-order valence-corrected chi connectivity index (χ3v) is 3.55. The van der Waals surface area contributed by atoms with Crippen molar-refractivity contribution in [3.8, 4) is 22.9 Å². The van der Waals surface area contributed by atoms with Gasteiger partial charge in [-0.25, -0.2) is 14.5 Å². The van der Waals surface area contributed by atoms with Crippen LogP contribution in [-0.4, -0.2) is 21.9 Å². The average molecular weight is 311 g/mol. The maximum Gasteiger partial charge on any atom is 0.347 e. The van der Waals surface area contributed by atoms with E-state index in [-0.39, 0.29) is 5.69 Å². The van der Waals surface area contributed by atoms with Crippen molar-refractivity contribution in [2.24, 2.45) is 0 Å². The molecule has 0 unspecified atom stereocenters. The number of ether oxygens (including phenoxy) is 2. The van der Waals surface area contributed by atoms with Gasteiger partial charge in [-0.15, -0.1) is 0 Å². The fraction of sp³-hybridized carbons (Fsp3) is 0.176. The fourth-order valence-electron chi connectivity index (χ4n) is 2.34. The molecule has 0 atom stereocenters. The minimum atomic E-state index is -0.264. The highest BCUT2D eigenvalue weighted by Crippen LogP contribution is 2.28. The van der Waals surface area contributed by atoms with Gasteiger partial charge in [0.15, 0.2) is 0 Å². The molecule has 6 nitrogen and oxygen atoms in total. The van der Waals surface area contributed by atoms with Crippen molar-refractivity contribution in [1.29, 1.82) is 0 Å². The number of aromatic nitrogens is 3. The standard InChI is InChI=1S/C17H17N3O3/c1-11-4-7-15(10-16(11)22-3)23-14-8-5-13(6-9-14)20-12(2)18-19-17(20)21/h4-10H,1-3H3,(H,19,21). The lowest BCUT2D eigenvalue weighted by Crippen LogP contribution is -2.15. The molecule has 0 aliphatic carbocycles. The Morgan fingerprint density at radius 2 is 1.74 bits per heavy atom. The van der Waals surface area contributed by atoms with E-state index in [1.807, 2.05) is 37.3 Å². The molecule has 3 aromatic rings. The van der Waals surface area contributed by atoms with E-state index in [0.29, 0.717) is 17.3 Å². The normalized spacial score (nSPS) is 10.6. The predicted molar refractivity (Wildman–Crippen MR) is 86.7 cm³/mol. The molecule has 1 aromatic heterocycles. The van der Waals surface area contributed by atoms with Crippen LogP contribution in [0.5, 0.6) is 17.2 Å². The Balaban J connectivity index is 1.84. The number of rotatable bonds is 4. The second-order valence-corrected chi connectivity index (χ2v) is 5.14. The van der Waals surface area contributed by atoms with E-state index in [1.54, 1.807) is 26.2 Å². The Bertz CT molecular complexity index is 879. The average Bonchev–Trinajstić information content (AvgIpc) is 2.89. The first-order chi connectivity index (χ1) is 11.1. The van der Waals surface area contributed by atoms with Gasteiger partial charge in [0.25, 0.3) is 0 Å². The summed E-state index contributed by atoms with van der Waals surface area (Å²) in [5, 5.41) is 6.31. The summed E-state index contributed by atoms with van der Waals surface area (Å²) in [6, 6.07) is 12.9. The van der Waals surface area contributed by atoms with E-state index in [1.165, 1.54) is 4.57 Å². The van der Waals surface area contributed by atoms with Crippen LogP contribution in [0.1, 0.15) is 11.4 Å². The van der Waals surface area contributed by atoms with Crippen molar-refractivity contribution in [3.05, 3.63) is 64.3 Å². The predicted octanol–water partition coefficient (Wildman–Crippen LogP) is 2.98. The Morgan fingerprint density at radius 1 is 1.04 bits per heavy atom. The second kappa shape index (κ2) is 6.00. The molecule has 0 bridgehead atoms. The lowest BCUT2D eigenvalue weighted by Gasteiger charge is -2.10. The largest absolute Gasteiger partial charge is 0.496 e. The second-order valence-electron chi connectivity index (χ2n) is 5.14. The molecule has 118 valence electrons. The fourth-order valence-corrected chi connectivity index (χ4v) is 2.34. The van der Waals surface area contributed by atoms with Gasteiger partial charge in [0, 0.05) is 6.07 Å². The SMILES string of the molecule is COc1cc(Oc2ccc(-n3c(C)n[nH]c3=O)cc2)ccc1C. The molecule has 0 spiro atoms. The molecule has 0 saturated heterocycles. The van der Waals surface area contributed by atoms with E-state index in [4.69, 9.17) is 9.47 Å². The molecular weight excluding hydrogens is 294 g/mol. The summed E-state index contributed by atoms with van der Waals surface area (Å²) in [4.78, 5) is 11.7. The Hall–Kier alpha value is -3.02. The number of nitrogens with zero attached hydrogens (tertiary/aromatic N) is 2. The van der Waals surface area contributed by atoms with E-state index in [0.717, 1.165) is 17.0 Å². The first-order valence-corrected chi connectivity index (χ1v) is 7.15. The van der Waals surface area contributed by atoms with Crippen LogP contribution in [0.4, 0.5) is 0 Å². The number of methoxy groups -OCH3 is 1. The molecule has 3 rings (SSSR count). The van der Waals surface area contributed by atoms with Crippen molar-refractivity contribution < 1.29 is 9.47 Å². The molecule has 0 amide bonds. The van der Waals surface area contributed by atoms with Crippen LogP contribution in [0.25, 0.3) is 5.69 Å². The van der Waals surface area contributed by atoms with E-state index < -0.39 is 0 Å². The first kappa shape index (κ1) is 14.9. The molecule has 0 saturated carbocycles. The number of aryl methyl sites for hydroxylation is 2. The lowest BCUT2D eigenvalue weighted by atomic mass is 10.2. The number of hydrogen-bond acceptors (Lipinski definition) is 4. The topological polar surface area (TPSA) is 69.1 Å². The zero-order valence-corrected chi connectivity index (χ0v) is 13.2. The van der Waals surface area contributed by atoms with Crippen molar-refractivity contribution in [1.82, 2.24) is 14.8 Å². The smallest absolute Gasteiger partial charge is 0.347 e. The zero-order chi connectivity index (χ0) is 16.4. The third kappa shape index (κ3) is 2.96. The molecule has 0 aliphatic rings. The van der Waals surface area contributed by atoms with Crippen molar-refractivity contribution in [3.63, 3.8) is 0 Å². The highest BCUT2D eigenvalue weighted by atomic mass is 16.5. The monoisotopic (exact) mass is 311 g/mol. The minimum absolute atomic E-state index is 0.264. The van der Waals surface area contributed by atoms with Crippen LogP contribution in [0.2, 0.25) is 0 Å². The Morgan fingerprint density at radius 3 is 2.35 bits per heavy atom. The van der Waals surface area contributed by atoms with E-state index in [2.05, 4.69) is 10.2 Å². The van der Waals surface area contributed by atoms with Gasteiger partial charge in [-0.05, 0) is 49.7 Å². The van der Waals surface area contributed by atoms with Gasteiger partial charge >= 0.3 is 5.69 Å². The number of H-pyrrole nitrogens is 1. The number of nitrogens with one attached hydrogen (secondary N) is 1. The van der Waals surface area contributed by atoms with Gasteiger partial charge < -0.3 is 9.47 Å². The number of aromatic amines is 1. The van der Waals surface area contributed by atoms with Gasteiger partial charge in [-0.2, -0.15) is 5.10 Å². The van der Waals surface area contributed by atoms with E-state index in [9.17, 15) is 4.79 Å². The maximum absolute atomic E-state index is 11.7. The third-order valence-electron chi connectivity index (χ3n) is 3.55. The van der Waals surface area contributed by atoms with Crippen LogP contribution in [0, 0.1) is 13.8 Å². The van der Waals surface area contributed by atoms with Crippen molar-refractivity contribution in [2.75, 3.05) is 7.11 Å². The van der Waals surface area contributed by atoms with Gasteiger partial charge in [-0.3, -0.25) is 0 Å². The van der Waals surface area contributed by atoms with Crippen LogP contribution in [0.15, 0.2) is 47.3 Å².